The highest BCUT2D eigenvalue weighted by molar-refractivity contribution is 7.99. The molecule has 3 rings (SSSR count). The molecule has 132 valence electrons. The number of thioether (sulfide) groups is 1. The van der Waals surface area contributed by atoms with Gasteiger partial charge in [0.1, 0.15) is 0 Å². The Morgan fingerprint density at radius 3 is 2.65 bits per heavy atom. The summed E-state index contributed by atoms with van der Waals surface area (Å²) in [5, 5.41) is 12.0. The number of hydrogen-bond acceptors (Lipinski definition) is 4. The summed E-state index contributed by atoms with van der Waals surface area (Å²) in [6.45, 7) is 0.562. The minimum Gasteiger partial charge on any atom is -0.337 e. The van der Waals surface area contributed by atoms with Gasteiger partial charge in [0.25, 0.3) is 5.56 Å². The van der Waals surface area contributed by atoms with Gasteiger partial charge in [-0.15, -0.1) is 11.8 Å². The SMILES string of the molecule is O=C(NCCSc1ccccc1)Nc1cccc(-c2ccc(=O)[nH]n2)c1. The third-order valence-electron chi connectivity index (χ3n) is 3.49. The molecule has 2 amide bonds. The Hall–Kier alpha value is -3.06. The predicted molar refractivity (Wildman–Crippen MR) is 104 cm³/mol. The first-order chi connectivity index (χ1) is 12.7. The van der Waals surface area contributed by atoms with Crippen LogP contribution in [0.4, 0.5) is 10.5 Å². The highest BCUT2D eigenvalue weighted by Gasteiger charge is 2.04. The molecular weight excluding hydrogens is 348 g/mol. The van der Waals surface area contributed by atoms with Crippen LogP contribution in [-0.2, 0) is 0 Å². The summed E-state index contributed by atoms with van der Waals surface area (Å²) in [4.78, 5) is 24.3. The highest BCUT2D eigenvalue weighted by Crippen LogP contribution is 2.19. The highest BCUT2D eigenvalue weighted by atomic mass is 32.2. The Labute approximate surface area is 155 Å². The minimum atomic E-state index is -0.259. The van der Waals surface area contributed by atoms with Crippen molar-refractivity contribution in [2.24, 2.45) is 0 Å². The third-order valence-corrected chi connectivity index (χ3v) is 4.51. The predicted octanol–water partition coefficient (Wildman–Crippen LogP) is 3.35. The first-order valence-corrected chi connectivity index (χ1v) is 9.08. The fourth-order valence-corrected chi connectivity index (χ4v) is 3.08. The van der Waals surface area contributed by atoms with Crippen molar-refractivity contribution < 1.29 is 4.79 Å². The Bertz CT molecular complexity index is 908. The first kappa shape index (κ1) is 17.8. The van der Waals surface area contributed by atoms with Gasteiger partial charge >= 0.3 is 6.03 Å². The molecule has 2 aromatic carbocycles. The van der Waals surface area contributed by atoms with Crippen molar-refractivity contribution in [1.82, 2.24) is 15.5 Å². The largest absolute Gasteiger partial charge is 0.337 e. The van der Waals surface area contributed by atoms with Crippen molar-refractivity contribution in [2.45, 2.75) is 4.90 Å². The van der Waals surface area contributed by atoms with E-state index in [0.717, 1.165) is 11.3 Å². The van der Waals surface area contributed by atoms with E-state index >= 15 is 0 Å². The minimum absolute atomic E-state index is 0.254. The van der Waals surface area contributed by atoms with Crippen LogP contribution in [0.15, 0.2) is 76.4 Å². The number of aromatic amines is 1. The zero-order valence-corrected chi connectivity index (χ0v) is 14.8. The second-order valence-electron chi connectivity index (χ2n) is 5.43. The van der Waals surface area contributed by atoms with Crippen LogP contribution >= 0.6 is 11.8 Å². The summed E-state index contributed by atoms with van der Waals surface area (Å²) < 4.78 is 0. The lowest BCUT2D eigenvalue weighted by molar-refractivity contribution is 0.252. The Morgan fingerprint density at radius 1 is 1.04 bits per heavy atom. The molecule has 0 aliphatic heterocycles. The number of nitrogens with one attached hydrogen (secondary N) is 3. The molecule has 0 fully saturated rings. The Morgan fingerprint density at radius 2 is 1.88 bits per heavy atom. The van der Waals surface area contributed by atoms with Gasteiger partial charge in [0.2, 0.25) is 0 Å². The van der Waals surface area contributed by atoms with E-state index in [1.54, 1.807) is 30.0 Å². The van der Waals surface area contributed by atoms with Crippen LogP contribution in [-0.4, -0.2) is 28.5 Å². The molecule has 0 spiro atoms. The number of nitrogens with zero attached hydrogens (tertiary/aromatic N) is 1. The molecule has 0 atom stereocenters. The molecule has 7 heteroatoms. The number of hydrogen-bond donors (Lipinski definition) is 3. The van der Waals surface area contributed by atoms with Crippen LogP contribution in [0.2, 0.25) is 0 Å². The number of urea groups is 1. The van der Waals surface area contributed by atoms with Crippen molar-refractivity contribution in [3.63, 3.8) is 0 Å². The van der Waals surface area contributed by atoms with Gasteiger partial charge in [-0.2, -0.15) is 5.10 Å². The van der Waals surface area contributed by atoms with Gasteiger partial charge in [-0.3, -0.25) is 4.79 Å². The summed E-state index contributed by atoms with van der Waals surface area (Å²) in [5.74, 6) is 0.790. The standard InChI is InChI=1S/C19H18N4O2S/c24-18-10-9-17(22-23-18)14-5-4-6-15(13-14)21-19(25)20-11-12-26-16-7-2-1-3-8-16/h1-10,13H,11-12H2,(H,23,24)(H2,20,21,25). The molecule has 0 aliphatic rings. The van der Waals surface area contributed by atoms with Gasteiger partial charge in [0.15, 0.2) is 0 Å². The summed E-state index contributed by atoms with van der Waals surface area (Å²) in [5.41, 5.74) is 1.84. The van der Waals surface area contributed by atoms with E-state index in [2.05, 4.69) is 20.8 Å². The fraction of sp³-hybridized carbons (Fsp3) is 0.105. The van der Waals surface area contributed by atoms with Gasteiger partial charge in [0.05, 0.1) is 5.69 Å². The van der Waals surface area contributed by atoms with E-state index in [-0.39, 0.29) is 11.6 Å². The number of rotatable bonds is 6. The molecule has 6 nitrogen and oxygen atoms in total. The summed E-state index contributed by atoms with van der Waals surface area (Å²) >= 11 is 1.69. The van der Waals surface area contributed by atoms with E-state index in [1.165, 1.54) is 11.0 Å². The number of amides is 2. The molecule has 3 N–H and O–H groups in total. The molecule has 0 saturated carbocycles. The Balaban J connectivity index is 1.50. The van der Waals surface area contributed by atoms with Gasteiger partial charge < -0.3 is 10.6 Å². The van der Waals surface area contributed by atoms with Crippen LogP contribution in [0.25, 0.3) is 11.3 Å². The maximum absolute atomic E-state index is 12.0. The fourth-order valence-electron chi connectivity index (χ4n) is 2.29. The smallest absolute Gasteiger partial charge is 0.319 e. The zero-order valence-electron chi connectivity index (χ0n) is 13.9. The first-order valence-electron chi connectivity index (χ1n) is 8.09. The molecule has 0 saturated heterocycles. The van der Waals surface area contributed by atoms with E-state index in [4.69, 9.17) is 0 Å². The van der Waals surface area contributed by atoms with Gasteiger partial charge in [-0.25, -0.2) is 9.89 Å². The number of carbonyl (C=O) groups excluding carboxylic acids is 1. The molecule has 26 heavy (non-hydrogen) atoms. The van der Waals surface area contributed by atoms with Crippen LogP contribution < -0.4 is 16.2 Å². The normalized spacial score (nSPS) is 10.3. The molecule has 0 bridgehead atoms. The van der Waals surface area contributed by atoms with Crippen molar-refractivity contribution in [2.75, 3.05) is 17.6 Å². The third kappa shape index (κ3) is 5.22. The van der Waals surface area contributed by atoms with Crippen LogP contribution in [0.1, 0.15) is 0 Å². The second kappa shape index (κ2) is 8.87. The number of benzene rings is 2. The zero-order chi connectivity index (χ0) is 18.2. The average molecular weight is 366 g/mol. The van der Waals surface area contributed by atoms with Crippen molar-refractivity contribution in [3.05, 3.63) is 77.1 Å². The van der Waals surface area contributed by atoms with E-state index < -0.39 is 0 Å². The average Bonchev–Trinajstić information content (AvgIpc) is 2.67. The summed E-state index contributed by atoms with van der Waals surface area (Å²) in [6, 6.07) is 20.1. The lowest BCUT2D eigenvalue weighted by Crippen LogP contribution is -2.30. The topological polar surface area (TPSA) is 86.9 Å². The summed E-state index contributed by atoms with van der Waals surface area (Å²) in [6.07, 6.45) is 0. The van der Waals surface area contributed by atoms with Crippen LogP contribution in [0, 0.1) is 0 Å². The number of aromatic nitrogens is 2. The van der Waals surface area contributed by atoms with Crippen LogP contribution in [0.3, 0.4) is 0 Å². The van der Waals surface area contributed by atoms with Crippen molar-refractivity contribution in [3.8, 4) is 11.3 Å². The number of anilines is 1. The number of H-pyrrole nitrogens is 1. The van der Waals surface area contributed by atoms with Crippen molar-refractivity contribution in [1.29, 1.82) is 0 Å². The summed E-state index contributed by atoms with van der Waals surface area (Å²) in [7, 11) is 0. The Kier molecular flexibility index (Phi) is 6.05. The molecule has 0 aliphatic carbocycles. The lowest BCUT2D eigenvalue weighted by Gasteiger charge is -2.09. The molecule has 0 radical (unpaired) electrons. The maximum Gasteiger partial charge on any atom is 0.319 e. The second-order valence-corrected chi connectivity index (χ2v) is 6.60. The van der Waals surface area contributed by atoms with E-state index in [1.807, 2.05) is 42.5 Å². The molecule has 3 aromatic rings. The monoisotopic (exact) mass is 366 g/mol. The quantitative estimate of drug-likeness (QED) is 0.461. The lowest BCUT2D eigenvalue weighted by atomic mass is 10.1. The van der Waals surface area contributed by atoms with E-state index in [9.17, 15) is 9.59 Å². The van der Waals surface area contributed by atoms with Gasteiger partial charge in [-0.05, 0) is 30.3 Å². The molecule has 1 heterocycles. The van der Waals surface area contributed by atoms with E-state index in [0.29, 0.717) is 17.9 Å². The number of carbonyl (C=O) groups is 1. The van der Waals surface area contributed by atoms with Crippen LogP contribution in [0.5, 0.6) is 0 Å². The van der Waals surface area contributed by atoms with Crippen molar-refractivity contribution >= 4 is 23.5 Å². The maximum atomic E-state index is 12.0. The van der Waals surface area contributed by atoms with Gasteiger partial charge in [-0.1, -0.05) is 30.3 Å². The molecule has 1 aromatic heterocycles. The molecule has 0 unspecified atom stereocenters. The molecular formula is C19H18N4O2S. The van der Waals surface area contributed by atoms with Gasteiger partial charge in [0, 0.05) is 34.5 Å².